The Labute approximate surface area is 119 Å². The number of nitrogens with two attached hydrogens (primary N) is 1. The Kier molecular flexibility index (Phi) is 4.69. The van der Waals surface area contributed by atoms with Crippen LogP contribution in [-0.4, -0.2) is 25.2 Å². The van der Waals surface area contributed by atoms with Gasteiger partial charge >= 0.3 is 6.18 Å². The van der Waals surface area contributed by atoms with Crippen LogP contribution in [0.3, 0.4) is 0 Å². The van der Waals surface area contributed by atoms with E-state index in [1.807, 2.05) is 5.43 Å². The lowest BCUT2D eigenvalue weighted by molar-refractivity contribution is -0.137. The summed E-state index contributed by atoms with van der Waals surface area (Å²) in [6.07, 6.45) is -3.28. The van der Waals surface area contributed by atoms with Crippen LogP contribution in [-0.2, 0) is 10.9 Å². The zero-order valence-electron chi connectivity index (χ0n) is 11.2. The lowest BCUT2D eigenvalue weighted by Gasteiger charge is -2.23. The lowest BCUT2D eigenvalue weighted by Crippen LogP contribution is -2.39. The normalized spacial score (nSPS) is 16.6. The van der Waals surface area contributed by atoms with E-state index in [-0.39, 0.29) is 17.3 Å². The highest BCUT2D eigenvalue weighted by atomic mass is 19.4. The van der Waals surface area contributed by atoms with Crippen LogP contribution in [0.25, 0.3) is 0 Å². The maximum absolute atomic E-state index is 12.9. The monoisotopic (exact) mass is 303 g/mol. The number of hydrogen-bond acceptors (Lipinski definition) is 4. The first-order valence-electron chi connectivity index (χ1n) is 6.48. The molecule has 1 aromatic carbocycles. The first-order valence-corrected chi connectivity index (χ1v) is 6.48. The van der Waals surface area contributed by atoms with E-state index in [1.54, 1.807) is 0 Å². The number of rotatable bonds is 3. The van der Waals surface area contributed by atoms with E-state index in [0.717, 1.165) is 12.1 Å². The third kappa shape index (κ3) is 3.85. The van der Waals surface area contributed by atoms with Gasteiger partial charge in [-0.3, -0.25) is 10.6 Å². The number of halogens is 3. The molecule has 1 aromatic rings. The molecule has 1 heterocycles. The fourth-order valence-electron chi connectivity index (χ4n) is 2.16. The maximum Gasteiger partial charge on any atom is 0.418 e. The van der Waals surface area contributed by atoms with Gasteiger partial charge in [0.1, 0.15) is 0 Å². The Hall–Kier alpha value is -1.80. The number of nitrogens with one attached hydrogen (secondary N) is 2. The number of benzene rings is 1. The molecule has 0 bridgehead atoms. The Morgan fingerprint density at radius 3 is 2.52 bits per heavy atom. The second-order valence-electron chi connectivity index (χ2n) is 4.76. The molecule has 1 amide bonds. The number of alkyl halides is 3. The highest BCUT2D eigenvalue weighted by Crippen LogP contribution is 2.35. The smallest absolute Gasteiger partial charge is 0.381 e. The van der Waals surface area contributed by atoms with Gasteiger partial charge in [0.25, 0.3) is 5.91 Å². The van der Waals surface area contributed by atoms with Crippen LogP contribution in [0.5, 0.6) is 0 Å². The highest BCUT2D eigenvalue weighted by molar-refractivity contribution is 5.95. The van der Waals surface area contributed by atoms with Gasteiger partial charge in [-0.15, -0.1) is 0 Å². The number of carbonyl (C=O) groups excluding carboxylic acids is 1. The molecule has 0 atom stereocenters. The fraction of sp³-hybridized carbons (Fsp3) is 0.462. The van der Waals surface area contributed by atoms with Gasteiger partial charge in [-0.05, 0) is 31.0 Å². The molecule has 2 rings (SSSR count). The Bertz CT molecular complexity index is 514. The summed E-state index contributed by atoms with van der Waals surface area (Å²) in [5.41, 5.74) is 0.692. The topological polar surface area (TPSA) is 76.4 Å². The van der Waals surface area contributed by atoms with E-state index < -0.39 is 17.6 Å². The van der Waals surface area contributed by atoms with Crippen molar-refractivity contribution in [2.75, 3.05) is 18.6 Å². The summed E-state index contributed by atoms with van der Waals surface area (Å²) in [5.74, 6) is 4.53. The molecule has 0 spiro atoms. The third-order valence-electron chi connectivity index (χ3n) is 3.30. The molecule has 1 aliphatic rings. The summed E-state index contributed by atoms with van der Waals surface area (Å²) in [5, 5.41) is 2.71. The average molecular weight is 303 g/mol. The highest BCUT2D eigenvalue weighted by Gasteiger charge is 2.34. The lowest BCUT2D eigenvalue weighted by atomic mass is 10.1. The minimum absolute atomic E-state index is 0.0483. The average Bonchev–Trinajstić information content (AvgIpc) is 2.46. The van der Waals surface area contributed by atoms with Crippen molar-refractivity contribution in [2.24, 2.45) is 5.84 Å². The Balaban J connectivity index is 2.17. The standard InChI is InChI=1S/C13H16F3N3O2/c14-13(15,16)10-7-8(1-2-11(10)19-17)12(20)18-9-3-5-21-6-4-9/h1-2,7,9,19H,3-6,17H2,(H,18,20). The van der Waals surface area contributed by atoms with Crippen LogP contribution in [0.1, 0.15) is 28.8 Å². The first-order chi connectivity index (χ1) is 9.91. The molecule has 8 heteroatoms. The first kappa shape index (κ1) is 15.6. The number of hydrogen-bond donors (Lipinski definition) is 3. The van der Waals surface area contributed by atoms with Crippen molar-refractivity contribution >= 4 is 11.6 Å². The molecule has 0 unspecified atom stereocenters. The van der Waals surface area contributed by atoms with Gasteiger partial charge in [0.15, 0.2) is 0 Å². The van der Waals surface area contributed by atoms with Gasteiger partial charge in [-0.25, -0.2) is 0 Å². The molecule has 1 saturated heterocycles. The van der Waals surface area contributed by atoms with E-state index in [0.29, 0.717) is 26.1 Å². The fourth-order valence-corrected chi connectivity index (χ4v) is 2.16. The predicted octanol–water partition coefficient (Wildman–Crippen LogP) is 1.90. The second kappa shape index (κ2) is 6.31. The summed E-state index contributed by atoms with van der Waals surface area (Å²) in [6, 6.07) is 3.16. The van der Waals surface area contributed by atoms with Crippen LogP contribution in [0.15, 0.2) is 18.2 Å². The van der Waals surface area contributed by atoms with Gasteiger partial charge in [0.05, 0.1) is 11.3 Å². The van der Waals surface area contributed by atoms with Gasteiger partial charge in [0, 0.05) is 24.8 Å². The molecule has 0 radical (unpaired) electrons. The van der Waals surface area contributed by atoms with Gasteiger partial charge < -0.3 is 15.5 Å². The number of anilines is 1. The third-order valence-corrected chi connectivity index (χ3v) is 3.30. The van der Waals surface area contributed by atoms with E-state index in [2.05, 4.69) is 5.32 Å². The minimum Gasteiger partial charge on any atom is -0.381 e. The maximum atomic E-state index is 12.9. The second-order valence-corrected chi connectivity index (χ2v) is 4.76. The van der Waals surface area contributed by atoms with Crippen LogP contribution in [0.2, 0.25) is 0 Å². The molecule has 4 N–H and O–H groups in total. The molecule has 0 aliphatic carbocycles. The quantitative estimate of drug-likeness (QED) is 0.589. The number of carbonyl (C=O) groups is 1. The van der Waals surface area contributed by atoms with Crippen molar-refractivity contribution in [3.05, 3.63) is 29.3 Å². The molecule has 0 saturated carbocycles. The van der Waals surface area contributed by atoms with Crippen molar-refractivity contribution in [3.63, 3.8) is 0 Å². The van der Waals surface area contributed by atoms with E-state index >= 15 is 0 Å². The van der Waals surface area contributed by atoms with Crippen LogP contribution in [0, 0.1) is 0 Å². The van der Waals surface area contributed by atoms with Crippen molar-refractivity contribution < 1.29 is 22.7 Å². The largest absolute Gasteiger partial charge is 0.418 e. The molecule has 5 nitrogen and oxygen atoms in total. The number of amides is 1. The molecule has 21 heavy (non-hydrogen) atoms. The molecular formula is C13H16F3N3O2. The molecule has 1 fully saturated rings. The number of ether oxygens (including phenoxy) is 1. The number of nitrogen functional groups attached to an aromatic ring is 1. The van der Waals surface area contributed by atoms with Gasteiger partial charge in [-0.1, -0.05) is 0 Å². The SMILES string of the molecule is NNc1ccc(C(=O)NC2CCOCC2)cc1C(F)(F)F. The molecule has 116 valence electrons. The summed E-state index contributed by atoms with van der Waals surface area (Å²) in [7, 11) is 0. The van der Waals surface area contributed by atoms with Gasteiger partial charge in [0.2, 0.25) is 0 Å². The molecule has 0 aromatic heterocycles. The van der Waals surface area contributed by atoms with Crippen molar-refractivity contribution in [1.82, 2.24) is 5.32 Å². The van der Waals surface area contributed by atoms with Crippen molar-refractivity contribution in [1.29, 1.82) is 0 Å². The Morgan fingerprint density at radius 2 is 1.95 bits per heavy atom. The minimum atomic E-state index is -4.59. The van der Waals surface area contributed by atoms with Crippen molar-refractivity contribution in [2.45, 2.75) is 25.1 Å². The summed E-state index contributed by atoms with van der Waals surface area (Å²) in [4.78, 5) is 12.0. The summed E-state index contributed by atoms with van der Waals surface area (Å²) < 4.78 is 43.8. The Morgan fingerprint density at radius 1 is 1.29 bits per heavy atom. The molecular weight excluding hydrogens is 287 g/mol. The van der Waals surface area contributed by atoms with Crippen LogP contribution in [0.4, 0.5) is 18.9 Å². The van der Waals surface area contributed by atoms with E-state index in [1.165, 1.54) is 6.07 Å². The summed E-state index contributed by atoms with van der Waals surface area (Å²) in [6.45, 7) is 1.07. The van der Waals surface area contributed by atoms with Crippen LogP contribution >= 0.6 is 0 Å². The summed E-state index contributed by atoms with van der Waals surface area (Å²) >= 11 is 0. The van der Waals surface area contributed by atoms with Crippen LogP contribution < -0.4 is 16.6 Å². The van der Waals surface area contributed by atoms with Crippen molar-refractivity contribution in [3.8, 4) is 0 Å². The number of hydrazine groups is 1. The van der Waals surface area contributed by atoms with Gasteiger partial charge in [-0.2, -0.15) is 13.2 Å². The zero-order chi connectivity index (χ0) is 15.5. The van der Waals surface area contributed by atoms with E-state index in [9.17, 15) is 18.0 Å². The molecule has 1 aliphatic heterocycles. The zero-order valence-corrected chi connectivity index (χ0v) is 11.2. The van der Waals surface area contributed by atoms with E-state index in [4.69, 9.17) is 10.6 Å². The predicted molar refractivity (Wildman–Crippen MR) is 70.6 cm³/mol.